The summed E-state index contributed by atoms with van der Waals surface area (Å²) >= 11 is 0. The molecule has 0 aliphatic heterocycles. The van der Waals surface area contributed by atoms with Crippen LogP contribution < -0.4 is 10.5 Å². The Hall–Kier alpha value is -2.53. The molecule has 0 atom stereocenters. The third kappa shape index (κ3) is 2.32. The lowest BCUT2D eigenvalue weighted by Crippen LogP contribution is -2.05. The summed E-state index contributed by atoms with van der Waals surface area (Å²) in [6, 6.07) is 13.3. The van der Waals surface area contributed by atoms with Gasteiger partial charge in [-0.3, -0.25) is 0 Å². The van der Waals surface area contributed by atoms with E-state index < -0.39 is 0 Å². The highest BCUT2D eigenvalue weighted by Gasteiger charge is 2.15. The topological polar surface area (TPSA) is 73.3 Å². The monoisotopic (exact) mass is 283 g/mol. The zero-order chi connectivity index (χ0) is 14.8. The van der Waals surface area contributed by atoms with Crippen molar-refractivity contribution in [1.29, 1.82) is 0 Å². The molecule has 1 aromatic heterocycles. The van der Waals surface area contributed by atoms with E-state index in [4.69, 9.17) is 10.5 Å². The van der Waals surface area contributed by atoms with Gasteiger partial charge in [-0.1, -0.05) is 12.1 Å². The van der Waals surface area contributed by atoms with Crippen molar-refractivity contribution in [2.75, 3.05) is 19.5 Å². The molecule has 108 valence electrons. The lowest BCUT2D eigenvalue weighted by Gasteiger charge is -2.11. The lowest BCUT2D eigenvalue weighted by atomic mass is 10.1. The number of anilines is 1. The van der Waals surface area contributed by atoms with Gasteiger partial charge in [0.2, 0.25) is 0 Å². The highest BCUT2D eigenvalue weighted by atomic mass is 16.5. The molecule has 0 spiro atoms. The number of aromatic nitrogens is 2. The number of aliphatic hydroxyl groups excluding tert-OH is 1. The molecule has 0 aliphatic rings. The second kappa shape index (κ2) is 5.46. The van der Waals surface area contributed by atoms with Gasteiger partial charge in [0.05, 0.1) is 30.3 Å². The average Bonchev–Trinajstić information content (AvgIpc) is 2.86. The largest absolute Gasteiger partial charge is 0.496 e. The Balaban J connectivity index is 2.26. The molecular formula is C16H17N3O2. The number of nitrogens with two attached hydrogens (primary N) is 1. The molecule has 0 saturated carbocycles. The molecule has 1 heterocycles. The van der Waals surface area contributed by atoms with Crippen molar-refractivity contribution in [3.05, 3.63) is 42.5 Å². The minimum Gasteiger partial charge on any atom is -0.496 e. The third-order valence-electron chi connectivity index (χ3n) is 3.44. The Morgan fingerprint density at radius 1 is 1.24 bits per heavy atom. The van der Waals surface area contributed by atoms with Crippen molar-refractivity contribution in [2.45, 2.75) is 6.54 Å². The van der Waals surface area contributed by atoms with Gasteiger partial charge >= 0.3 is 0 Å². The molecule has 0 unspecified atom stereocenters. The van der Waals surface area contributed by atoms with Gasteiger partial charge in [0, 0.05) is 18.3 Å². The second-order valence-corrected chi connectivity index (χ2v) is 4.76. The zero-order valence-electron chi connectivity index (χ0n) is 11.8. The maximum absolute atomic E-state index is 9.34. The van der Waals surface area contributed by atoms with Crippen LogP contribution in [-0.4, -0.2) is 28.4 Å². The molecule has 3 N–H and O–H groups in total. The Morgan fingerprint density at radius 3 is 2.81 bits per heavy atom. The summed E-state index contributed by atoms with van der Waals surface area (Å²) < 4.78 is 7.40. The lowest BCUT2D eigenvalue weighted by molar-refractivity contribution is 0.278. The van der Waals surface area contributed by atoms with E-state index in [1.807, 2.05) is 41.0 Å². The SMILES string of the molecule is COc1cc(N)ccc1-c1nc2ccccc2n1CCO. The molecule has 21 heavy (non-hydrogen) atoms. The molecule has 0 amide bonds. The predicted molar refractivity (Wildman–Crippen MR) is 83.2 cm³/mol. The molecule has 3 aromatic rings. The molecule has 0 saturated heterocycles. The van der Waals surface area contributed by atoms with E-state index in [-0.39, 0.29) is 6.61 Å². The van der Waals surface area contributed by atoms with Gasteiger partial charge < -0.3 is 20.1 Å². The van der Waals surface area contributed by atoms with Crippen molar-refractivity contribution in [3.63, 3.8) is 0 Å². The van der Waals surface area contributed by atoms with E-state index in [0.717, 1.165) is 22.4 Å². The first-order chi connectivity index (χ1) is 10.2. The maximum atomic E-state index is 9.34. The number of hydrogen-bond acceptors (Lipinski definition) is 4. The summed E-state index contributed by atoms with van der Waals surface area (Å²) in [5.74, 6) is 1.44. The van der Waals surface area contributed by atoms with Crippen molar-refractivity contribution >= 4 is 16.7 Å². The Morgan fingerprint density at radius 2 is 2.05 bits per heavy atom. The standard InChI is InChI=1S/C16H17N3O2/c1-21-15-10-11(17)6-7-12(15)16-18-13-4-2-3-5-14(13)19(16)8-9-20/h2-7,10,20H,8-9,17H2,1H3. The number of hydrogen-bond donors (Lipinski definition) is 2. The Kier molecular flexibility index (Phi) is 3.50. The van der Waals surface area contributed by atoms with Crippen LogP contribution in [0.1, 0.15) is 0 Å². The Labute approximate surface area is 122 Å². The summed E-state index contributed by atoms with van der Waals surface area (Å²) in [6.07, 6.45) is 0. The van der Waals surface area contributed by atoms with Gasteiger partial charge in [-0.2, -0.15) is 0 Å². The fourth-order valence-corrected chi connectivity index (χ4v) is 2.50. The first-order valence-electron chi connectivity index (χ1n) is 6.74. The van der Waals surface area contributed by atoms with E-state index in [1.165, 1.54) is 0 Å². The van der Waals surface area contributed by atoms with Gasteiger partial charge in [-0.15, -0.1) is 0 Å². The first-order valence-corrected chi connectivity index (χ1v) is 6.74. The number of para-hydroxylation sites is 2. The second-order valence-electron chi connectivity index (χ2n) is 4.76. The van der Waals surface area contributed by atoms with Gasteiger partial charge in [-0.25, -0.2) is 4.98 Å². The van der Waals surface area contributed by atoms with Crippen LogP contribution in [0, 0.1) is 0 Å². The number of nitrogens with zero attached hydrogens (tertiary/aromatic N) is 2. The number of benzene rings is 2. The molecule has 5 nitrogen and oxygen atoms in total. The first kappa shape index (κ1) is 13.5. The normalized spacial score (nSPS) is 11.0. The smallest absolute Gasteiger partial charge is 0.144 e. The van der Waals surface area contributed by atoms with Crippen LogP contribution in [0.3, 0.4) is 0 Å². The quantitative estimate of drug-likeness (QED) is 0.720. The number of nitrogen functional groups attached to an aromatic ring is 1. The van der Waals surface area contributed by atoms with Crippen LogP contribution in [-0.2, 0) is 6.54 Å². The fourth-order valence-electron chi connectivity index (χ4n) is 2.50. The molecule has 0 aliphatic carbocycles. The van der Waals surface area contributed by atoms with Crippen molar-refractivity contribution in [2.24, 2.45) is 0 Å². The van der Waals surface area contributed by atoms with Gasteiger partial charge in [0.25, 0.3) is 0 Å². The van der Waals surface area contributed by atoms with Crippen LogP contribution in [0.15, 0.2) is 42.5 Å². The highest BCUT2D eigenvalue weighted by molar-refractivity contribution is 5.82. The summed E-state index contributed by atoms with van der Waals surface area (Å²) in [5, 5.41) is 9.34. The maximum Gasteiger partial charge on any atom is 0.144 e. The van der Waals surface area contributed by atoms with E-state index >= 15 is 0 Å². The van der Waals surface area contributed by atoms with Crippen molar-refractivity contribution in [3.8, 4) is 17.1 Å². The van der Waals surface area contributed by atoms with E-state index in [9.17, 15) is 5.11 Å². The average molecular weight is 283 g/mol. The van der Waals surface area contributed by atoms with E-state index in [2.05, 4.69) is 4.98 Å². The molecular weight excluding hydrogens is 266 g/mol. The molecule has 2 aromatic carbocycles. The molecule has 0 bridgehead atoms. The molecule has 0 fully saturated rings. The summed E-state index contributed by atoms with van der Waals surface area (Å²) in [5.41, 5.74) is 9.18. The number of aliphatic hydroxyl groups is 1. The van der Waals surface area contributed by atoms with Crippen LogP contribution >= 0.6 is 0 Å². The predicted octanol–water partition coefficient (Wildman–Crippen LogP) is 2.29. The van der Waals surface area contributed by atoms with Gasteiger partial charge in [0.15, 0.2) is 0 Å². The minimum atomic E-state index is 0.0463. The number of methoxy groups -OCH3 is 1. The number of ether oxygens (including phenoxy) is 1. The number of fused-ring (bicyclic) bond motifs is 1. The van der Waals surface area contributed by atoms with E-state index in [1.54, 1.807) is 13.2 Å². The van der Waals surface area contributed by atoms with Gasteiger partial charge in [-0.05, 0) is 24.3 Å². The van der Waals surface area contributed by atoms with Crippen LogP contribution in [0.2, 0.25) is 0 Å². The fraction of sp³-hybridized carbons (Fsp3) is 0.188. The highest BCUT2D eigenvalue weighted by Crippen LogP contribution is 2.33. The Bertz CT molecular complexity index is 780. The summed E-state index contributed by atoms with van der Waals surface area (Å²) in [6.45, 7) is 0.522. The van der Waals surface area contributed by atoms with Gasteiger partial charge in [0.1, 0.15) is 11.6 Å². The third-order valence-corrected chi connectivity index (χ3v) is 3.44. The van der Waals surface area contributed by atoms with Crippen LogP contribution in [0.25, 0.3) is 22.4 Å². The van der Waals surface area contributed by atoms with Crippen LogP contribution in [0.4, 0.5) is 5.69 Å². The number of imidazole rings is 1. The summed E-state index contributed by atoms with van der Waals surface area (Å²) in [7, 11) is 1.61. The minimum absolute atomic E-state index is 0.0463. The molecule has 5 heteroatoms. The summed E-state index contributed by atoms with van der Waals surface area (Å²) in [4.78, 5) is 4.67. The van der Waals surface area contributed by atoms with Crippen LogP contribution in [0.5, 0.6) is 5.75 Å². The number of rotatable bonds is 4. The van der Waals surface area contributed by atoms with E-state index in [0.29, 0.717) is 18.0 Å². The van der Waals surface area contributed by atoms with Crippen molar-refractivity contribution < 1.29 is 9.84 Å². The molecule has 0 radical (unpaired) electrons. The van der Waals surface area contributed by atoms with Crippen molar-refractivity contribution in [1.82, 2.24) is 9.55 Å². The zero-order valence-corrected chi connectivity index (χ0v) is 11.8. The molecule has 3 rings (SSSR count).